The quantitative estimate of drug-likeness (QED) is 0.751. The summed E-state index contributed by atoms with van der Waals surface area (Å²) in [6, 6.07) is 7.13. The first-order valence-corrected chi connectivity index (χ1v) is 8.79. The van der Waals surface area contributed by atoms with Crippen LogP contribution in [0.3, 0.4) is 0 Å². The van der Waals surface area contributed by atoms with Crippen molar-refractivity contribution in [2.75, 3.05) is 13.2 Å². The van der Waals surface area contributed by atoms with Crippen molar-refractivity contribution in [1.29, 1.82) is 0 Å². The third kappa shape index (κ3) is 3.32. The maximum atomic E-state index is 13.1. The summed E-state index contributed by atoms with van der Waals surface area (Å²) in [5, 5.41) is 0. The third-order valence-electron chi connectivity index (χ3n) is 4.42. The lowest BCUT2D eigenvalue weighted by Crippen LogP contribution is -2.16. The second-order valence-electron chi connectivity index (χ2n) is 6.04. The Morgan fingerprint density at radius 1 is 1.15 bits per heavy atom. The van der Waals surface area contributed by atoms with E-state index >= 15 is 0 Å². The van der Waals surface area contributed by atoms with Gasteiger partial charge in [0.1, 0.15) is 17.9 Å². The van der Waals surface area contributed by atoms with E-state index in [4.69, 9.17) is 14.2 Å². The highest BCUT2D eigenvalue weighted by atomic mass is 16.5. The lowest BCUT2D eigenvalue weighted by Gasteiger charge is -2.10. The Kier molecular flexibility index (Phi) is 5.30. The molecule has 0 saturated carbocycles. The number of rotatable bonds is 5. The number of ketones is 1. The van der Waals surface area contributed by atoms with E-state index in [1.807, 2.05) is 12.1 Å². The van der Waals surface area contributed by atoms with E-state index in [1.165, 1.54) is 4.57 Å². The van der Waals surface area contributed by atoms with Crippen LogP contribution in [0.2, 0.25) is 0 Å². The Labute approximate surface area is 156 Å². The highest BCUT2D eigenvalue weighted by molar-refractivity contribution is 6.13. The van der Waals surface area contributed by atoms with Gasteiger partial charge >= 0.3 is 11.9 Å². The Hall–Kier alpha value is -3.09. The van der Waals surface area contributed by atoms with E-state index in [1.54, 1.807) is 33.0 Å². The number of benzene rings is 1. The monoisotopic (exact) mass is 371 g/mol. The molecule has 0 N–H and O–H groups in total. The van der Waals surface area contributed by atoms with Gasteiger partial charge in [-0.15, -0.1) is 0 Å². The molecule has 0 unspecified atom stereocenters. The van der Waals surface area contributed by atoms with Gasteiger partial charge in [-0.05, 0) is 13.8 Å². The van der Waals surface area contributed by atoms with Crippen LogP contribution < -0.4 is 4.74 Å². The molecule has 0 saturated heterocycles. The third-order valence-corrected chi connectivity index (χ3v) is 4.42. The van der Waals surface area contributed by atoms with Crippen LogP contribution in [0.1, 0.15) is 51.5 Å². The highest BCUT2D eigenvalue weighted by Gasteiger charge is 2.35. The molecule has 142 valence electrons. The molecular weight excluding hydrogens is 350 g/mol. The van der Waals surface area contributed by atoms with E-state index in [0.717, 1.165) is 5.56 Å². The number of ether oxygens (including phenoxy) is 3. The second-order valence-corrected chi connectivity index (χ2v) is 6.04. The molecule has 0 bridgehead atoms. The molecular formula is C20H21NO6. The Balaban J connectivity index is 2.17. The number of carbonyl (C=O) groups excluding carboxylic acids is 3. The minimum Gasteiger partial charge on any atom is -0.486 e. The van der Waals surface area contributed by atoms with Crippen LogP contribution in [0.4, 0.5) is 0 Å². The fourth-order valence-corrected chi connectivity index (χ4v) is 3.22. The number of hydrogen-bond acceptors (Lipinski definition) is 6. The molecule has 0 atom stereocenters. The van der Waals surface area contributed by atoms with Gasteiger partial charge in [0, 0.05) is 23.9 Å². The van der Waals surface area contributed by atoms with Crippen LogP contribution in [-0.4, -0.2) is 35.5 Å². The molecule has 0 aliphatic carbocycles. The summed E-state index contributed by atoms with van der Waals surface area (Å²) in [6.07, 6.45) is -0.163. The zero-order valence-electron chi connectivity index (χ0n) is 15.5. The number of nitrogens with zero attached hydrogens (tertiary/aromatic N) is 1. The summed E-state index contributed by atoms with van der Waals surface area (Å²) in [6.45, 7) is 3.92. The van der Waals surface area contributed by atoms with Gasteiger partial charge in [-0.2, -0.15) is 0 Å². The van der Waals surface area contributed by atoms with Gasteiger partial charge < -0.3 is 18.8 Å². The minimum absolute atomic E-state index is 0.101. The average molecular weight is 371 g/mol. The molecule has 0 fully saturated rings. The van der Waals surface area contributed by atoms with Gasteiger partial charge in [0.25, 0.3) is 0 Å². The molecule has 2 aromatic rings. The van der Waals surface area contributed by atoms with Crippen LogP contribution in [0.15, 0.2) is 24.3 Å². The summed E-state index contributed by atoms with van der Waals surface area (Å²) in [7, 11) is 1.63. The normalized spacial score (nSPS) is 12.5. The predicted molar refractivity (Wildman–Crippen MR) is 95.9 cm³/mol. The molecule has 1 aromatic heterocycles. The van der Waals surface area contributed by atoms with Crippen molar-refractivity contribution in [3.63, 3.8) is 0 Å². The SMILES string of the molecule is CCOC(=O)Cc1c(C(=O)OCC)c2c(n1C)C(=O)c1ccccc1CO2. The number of carbonyl (C=O) groups is 3. The van der Waals surface area contributed by atoms with Gasteiger partial charge in [0.05, 0.1) is 19.6 Å². The van der Waals surface area contributed by atoms with E-state index in [9.17, 15) is 14.4 Å². The standard InChI is InChI=1S/C20H21NO6/c1-4-25-15(22)10-14-16(20(24)26-5-2)19-17(21(14)3)18(23)13-9-7-6-8-12(13)11-27-19/h6-9H,4-5,10-11H2,1-3H3. The average Bonchev–Trinajstić information content (AvgIpc) is 2.82. The van der Waals surface area contributed by atoms with Crippen molar-refractivity contribution in [3.05, 3.63) is 52.3 Å². The van der Waals surface area contributed by atoms with Gasteiger partial charge in [-0.25, -0.2) is 4.79 Å². The van der Waals surface area contributed by atoms with E-state index in [-0.39, 0.29) is 49.0 Å². The summed E-state index contributed by atoms with van der Waals surface area (Å²) in [4.78, 5) is 37.8. The topological polar surface area (TPSA) is 83.8 Å². The molecule has 3 rings (SSSR count). The summed E-state index contributed by atoms with van der Waals surface area (Å²) >= 11 is 0. The van der Waals surface area contributed by atoms with Crippen LogP contribution in [-0.2, 0) is 34.3 Å². The first-order chi connectivity index (χ1) is 13.0. The first kappa shape index (κ1) is 18.7. The minimum atomic E-state index is -0.632. The highest BCUT2D eigenvalue weighted by Crippen LogP contribution is 2.36. The largest absolute Gasteiger partial charge is 0.486 e. The van der Waals surface area contributed by atoms with Gasteiger partial charge in [0.15, 0.2) is 5.75 Å². The van der Waals surface area contributed by atoms with E-state index < -0.39 is 11.9 Å². The summed E-state index contributed by atoms with van der Waals surface area (Å²) < 4.78 is 17.5. The molecule has 0 amide bonds. The van der Waals surface area contributed by atoms with Crippen molar-refractivity contribution in [2.24, 2.45) is 7.05 Å². The van der Waals surface area contributed by atoms with E-state index in [2.05, 4.69) is 0 Å². The lowest BCUT2D eigenvalue weighted by atomic mass is 10.0. The molecule has 0 radical (unpaired) electrons. The van der Waals surface area contributed by atoms with Crippen molar-refractivity contribution < 1.29 is 28.6 Å². The number of hydrogen-bond donors (Lipinski definition) is 0. The molecule has 1 aliphatic heterocycles. The molecule has 1 aliphatic rings. The Morgan fingerprint density at radius 3 is 2.56 bits per heavy atom. The summed E-state index contributed by atoms with van der Waals surface area (Å²) in [5.41, 5.74) is 1.91. The smallest absolute Gasteiger partial charge is 0.343 e. The van der Waals surface area contributed by atoms with Crippen LogP contribution in [0.25, 0.3) is 0 Å². The fraction of sp³-hybridized carbons (Fsp3) is 0.350. The molecule has 7 heteroatoms. The van der Waals surface area contributed by atoms with Crippen molar-refractivity contribution in [1.82, 2.24) is 4.57 Å². The zero-order valence-corrected chi connectivity index (χ0v) is 15.5. The predicted octanol–water partition coefficient (Wildman–Crippen LogP) is 2.43. The molecule has 2 heterocycles. The van der Waals surface area contributed by atoms with Crippen molar-refractivity contribution >= 4 is 17.7 Å². The van der Waals surface area contributed by atoms with E-state index in [0.29, 0.717) is 11.3 Å². The summed E-state index contributed by atoms with van der Waals surface area (Å²) in [5.74, 6) is -1.24. The van der Waals surface area contributed by atoms with Crippen molar-refractivity contribution in [3.8, 4) is 5.75 Å². The lowest BCUT2D eigenvalue weighted by molar-refractivity contribution is -0.142. The van der Waals surface area contributed by atoms with Gasteiger partial charge in [0.2, 0.25) is 5.78 Å². The van der Waals surface area contributed by atoms with Gasteiger partial charge in [-0.1, -0.05) is 24.3 Å². The molecule has 1 aromatic carbocycles. The second kappa shape index (κ2) is 7.65. The van der Waals surface area contributed by atoms with Crippen LogP contribution in [0.5, 0.6) is 5.75 Å². The van der Waals surface area contributed by atoms with Crippen molar-refractivity contribution in [2.45, 2.75) is 26.9 Å². The zero-order chi connectivity index (χ0) is 19.6. The fourth-order valence-electron chi connectivity index (χ4n) is 3.22. The number of aromatic nitrogens is 1. The Morgan fingerprint density at radius 2 is 1.85 bits per heavy atom. The van der Waals surface area contributed by atoms with Crippen LogP contribution >= 0.6 is 0 Å². The van der Waals surface area contributed by atoms with Crippen LogP contribution in [0, 0.1) is 0 Å². The maximum Gasteiger partial charge on any atom is 0.343 e. The molecule has 7 nitrogen and oxygen atoms in total. The Bertz CT molecular complexity index is 911. The molecule has 27 heavy (non-hydrogen) atoms. The number of fused-ring (bicyclic) bond motifs is 2. The first-order valence-electron chi connectivity index (χ1n) is 8.79. The molecule has 0 spiro atoms. The number of esters is 2. The maximum absolute atomic E-state index is 13.1. The van der Waals surface area contributed by atoms with Gasteiger partial charge in [-0.3, -0.25) is 9.59 Å².